The Morgan fingerprint density at radius 3 is 2.55 bits per heavy atom. The number of methoxy groups -OCH3 is 1. The Hall–Kier alpha value is -1.91. The van der Waals surface area contributed by atoms with Gasteiger partial charge < -0.3 is 9.84 Å². The number of rotatable bonds is 7. The molecule has 0 saturated heterocycles. The lowest BCUT2D eigenvalue weighted by Gasteiger charge is -2.17. The third-order valence-electron chi connectivity index (χ3n) is 4.41. The number of benzene rings is 1. The van der Waals surface area contributed by atoms with Crippen molar-refractivity contribution in [2.24, 2.45) is 11.1 Å². The van der Waals surface area contributed by atoms with Gasteiger partial charge in [-0.3, -0.25) is 4.79 Å². The van der Waals surface area contributed by atoms with Crippen LogP contribution in [-0.4, -0.2) is 18.2 Å². The number of carbonyl (C=O) groups excluding carboxylic acids is 1. The molecule has 1 aromatic carbocycles. The highest BCUT2D eigenvalue weighted by atomic mass is 16.5. The number of nitroso groups, excluding NO2 is 1. The highest BCUT2D eigenvalue weighted by Gasteiger charge is 2.52. The predicted octanol–water partition coefficient (Wildman–Crippen LogP) is 3.84. The van der Waals surface area contributed by atoms with Gasteiger partial charge in [-0.15, -0.1) is 0 Å². The summed E-state index contributed by atoms with van der Waals surface area (Å²) in [7, 11) is 1.38. The standard InChI is InChI=1S/C17H23NO4/c1-11(2)4-6-14(18-21)13-10-12(5-7-15(13)19)17(8-9-17)16(20)22-3/h5,7,10-11,14,19H,4,6,8-9H2,1-3H3. The van der Waals surface area contributed by atoms with E-state index in [2.05, 4.69) is 19.0 Å². The summed E-state index contributed by atoms with van der Waals surface area (Å²) in [5.74, 6) is 0.249. The topological polar surface area (TPSA) is 76.0 Å². The lowest BCUT2D eigenvalue weighted by atomic mass is 9.90. The molecule has 1 atom stereocenters. The van der Waals surface area contributed by atoms with Crippen molar-refractivity contribution >= 4 is 5.97 Å². The van der Waals surface area contributed by atoms with E-state index in [0.29, 0.717) is 17.9 Å². The van der Waals surface area contributed by atoms with E-state index < -0.39 is 11.5 Å². The number of hydrogen-bond donors (Lipinski definition) is 1. The van der Waals surface area contributed by atoms with Crippen LogP contribution in [0.1, 0.15) is 56.7 Å². The van der Waals surface area contributed by atoms with Crippen molar-refractivity contribution < 1.29 is 14.6 Å². The molecule has 1 aliphatic carbocycles. The lowest BCUT2D eigenvalue weighted by molar-refractivity contribution is -0.143. The Balaban J connectivity index is 2.30. The average Bonchev–Trinajstić information content (AvgIpc) is 3.30. The van der Waals surface area contributed by atoms with Crippen LogP contribution in [-0.2, 0) is 14.9 Å². The lowest BCUT2D eigenvalue weighted by Crippen LogP contribution is -2.22. The molecular weight excluding hydrogens is 282 g/mol. The first-order valence-corrected chi connectivity index (χ1v) is 7.69. The molecular formula is C17H23NO4. The maximum absolute atomic E-state index is 12.0. The first-order valence-electron chi connectivity index (χ1n) is 7.69. The van der Waals surface area contributed by atoms with Crippen LogP contribution in [0.4, 0.5) is 0 Å². The van der Waals surface area contributed by atoms with Crippen molar-refractivity contribution in [2.45, 2.75) is 51.0 Å². The summed E-state index contributed by atoms with van der Waals surface area (Å²) >= 11 is 0. The van der Waals surface area contributed by atoms with Crippen molar-refractivity contribution in [3.8, 4) is 5.75 Å². The van der Waals surface area contributed by atoms with Crippen LogP contribution in [0, 0.1) is 10.8 Å². The number of esters is 1. The first-order chi connectivity index (χ1) is 10.4. The second kappa shape index (κ2) is 6.46. The molecule has 0 heterocycles. The van der Waals surface area contributed by atoms with Crippen molar-refractivity contribution in [1.29, 1.82) is 0 Å². The number of carbonyl (C=O) groups is 1. The fourth-order valence-electron chi connectivity index (χ4n) is 2.81. The Bertz CT molecular complexity index is 564. The Kier molecular flexibility index (Phi) is 4.84. The van der Waals surface area contributed by atoms with Gasteiger partial charge in [0, 0.05) is 5.56 Å². The molecule has 0 amide bonds. The van der Waals surface area contributed by atoms with E-state index in [9.17, 15) is 14.8 Å². The van der Waals surface area contributed by atoms with Gasteiger partial charge in [0.05, 0.1) is 12.5 Å². The number of phenols is 1. The van der Waals surface area contributed by atoms with E-state index in [0.717, 1.165) is 24.8 Å². The van der Waals surface area contributed by atoms with Crippen LogP contribution < -0.4 is 0 Å². The highest BCUT2D eigenvalue weighted by molar-refractivity contribution is 5.86. The maximum atomic E-state index is 12.0. The molecule has 2 rings (SSSR count). The largest absolute Gasteiger partial charge is 0.508 e. The van der Waals surface area contributed by atoms with Gasteiger partial charge in [-0.1, -0.05) is 25.1 Å². The second-order valence-electron chi connectivity index (χ2n) is 6.44. The summed E-state index contributed by atoms with van der Waals surface area (Å²) in [6.07, 6.45) is 2.90. The number of ether oxygens (including phenoxy) is 1. The summed E-state index contributed by atoms with van der Waals surface area (Å²) in [5, 5.41) is 13.2. The Labute approximate surface area is 130 Å². The van der Waals surface area contributed by atoms with Gasteiger partial charge in [-0.05, 0) is 49.3 Å². The van der Waals surface area contributed by atoms with Crippen LogP contribution in [0.3, 0.4) is 0 Å². The maximum Gasteiger partial charge on any atom is 0.316 e. The molecule has 0 aliphatic heterocycles. The van der Waals surface area contributed by atoms with Gasteiger partial charge >= 0.3 is 5.97 Å². The second-order valence-corrected chi connectivity index (χ2v) is 6.44. The molecule has 1 fully saturated rings. The summed E-state index contributed by atoms with van der Waals surface area (Å²) in [6.45, 7) is 4.16. The quantitative estimate of drug-likeness (QED) is 0.613. The summed E-state index contributed by atoms with van der Waals surface area (Å²) in [5.41, 5.74) is 0.691. The molecule has 5 nitrogen and oxygen atoms in total. The van der Waals surface area contributed by atoms with Gasteiger partial charge in [-0.25, -0.2) is 0 Å². The normalized spacial score (nSPS) is 17.1. The van der Waals surface area contributed by atoms with E-state index in [4.69, 9.17) is 4.74 Å². The fraction of sp³-hybridized carbons (Fsp3) is 0.588. The molecule has 0 radical (unpaired) electrons. The van der Waals surface area contributed by atoms with Crippen LogP contribution in [0.2, 0.25) is 0 Å². The van der Waals surface area contributed by atoms with Crippen molar-refractivity contribution in [3.63, 3.8) is 0 Å². The molecule has 0 spiro atoms. The minimum Gasteiger partial charge on any atom is -0.508 e. The zero-order chi connectivity index (χ0) is 16.3. The first kappa shape index (κ1) is 16.5. The molecule has 22 heavy (non-hydrogen) atoms. The van der Waals surface area contributed by atoms with Gasteiger partial charge in [0.15, 0.2) is 0 Å². The monoisotopic (exact) mass is 305 g/mol. The molecule has 120 valence electrons. The molecule has 1 aromatic rings. The van der Waals surface area contributed by atoms with Crippen LogP contribution >= 0.6 is 0 Å². The number of hydrogen-bond acceptors (Lipinski definition) is 5. The zero-order valence-electron chi connectivity index (χ0n) is 13.3. The van der Waals surface area contributed by atoms with E-state index in [1.807, 2.05) is 0 Å². The van der Waals surface area contributed by atoms with Crippen LogP contribution in [0.25, 0.3) is 0 Å². The van der Waals surface area contributed by atoms with Crippen LogP contribution in [0.15, 0.2) is 23.4 Å². The summed E-state index contributed by atoms with van der Waals surface area (Å²) < 4.78 is 4.88. The van der Waals surface area contributed by atoms with Gasteiger partial charge in [0.1, 0.15) is 11.8 Å². The molecule has 1 aliphatic rings. The van der Waals surface area contributed by atoms with E-state index >= 15 is 0 Å². The minimum absolute atomic E-state index is 0.0535. The minimum atomic E-state index is -0.608. The van der Waals surface area contributed by atoms with Crippen LogP contribution in [0.5, 0.6) is 5.75 Å². The SMILES string of the molecule is COC(=O)C1(c2ccc(O)c(C(CCC(C)C)N=O)c2)CC1. The Morgan fingerprint density at radius 2 is 2.05 bits per heavy atom. The van der Waals surface area contributed by atoms with E-state index in [1.54, 1.807) is 18.2 Å². The predicted molar refractivity (Wildman–Crippen MR) is 83.6 cm³/mol. The highest BCUT2D eigenvalue weighted by Crippen LogP contribution is 2.50. The molecule has 5 heteroatoms. The van der Waals surface area contributed by atoms with Gasteiger partial charge in [0.2, 0.25) is 0 Å². The molecule has 1 N–H and O–H groups in total. The van der Waals surface area contributed by atoms with Gasteiger partial charge in [-0.2, -0.15) is 4.91 Å². The summed E-state index contributed by atoms with van der Waals surface area (Å²) in [6, 6.07) is 4.43. The van der Waals surface area contributed by atoms with E-state index in [1.165, 1.54) is 7.11 Å². The number of phenolic OH excluding ortho intramolecular Hbond substituents is 1. The number of nitrogens with zero attached hydrogens (tertiary/aromatic N) is 1. The molecule has 1 unspecified atom stereocenters. The smallest absolute Gasteiger partial charge is 0.316 e. The zero-order valence-corrected chi connectivity index (χ0v) is 13.3. The fourth-order valence-corrected chi connectivity index (χ4v) is 2.81. The molecule has 0 aromatic heterocycles. The third kappa shape index (κ3) is 3.13. The molecule has 0 bridgehead atoms. The van der Waals surface area contributed by atoms with Crippen molar-refractivity contribution in [2.75, 3.05) is 7.11 Å². The molecule has 1 saturated carbocycles. The third-order valence-corrected chi connectivity index (χ3v) is 4.41. The summed E-state index contributed by atoms with van der Waals surface area (Å²) in [4.78, 5) is 23.2. The van der Waals surface area contributed by atoms with E-state index in [-0.39, 0.29) is 11.7 Å². The number of aromatic hydroxyl groups is 1. The average molecular weight is 305 g/mol. The van der Waals surface area contributed by atoms with Crippen molar-refractivity contribution in [1.82, 2.24) is 0 Å². The van der Waals surface area contributed by atoms with Gasteiger partial charge in [0.25, 0.3) is 0 Å². The Morgan fingerprint density at radius 1 is 1.36 bits per heavy atom. The van der Waals surface area contributed by atoms with Crippen molar-refractivity contribution in [3.05, 3.63) is 34.2 Å².